The van der Waals surface area contributed by atoms with Crippen molar-refractivity contribution in [3.63, 3.8) is 0 Å². The lowest BCUT2D eigenvalue weighted by Crippen LogP contribution is -2.27. The highest BCUT2D eigenvalue weighted by Gasteiger charge is 2.25. The number of nitrogens with two attached hydrogens (primary N) is 1. The number of rotatable bonds is 3. The number of amides is 1. The molecule has 2 aromatic heterocycles. The number of hydrogen-bond acceptors (Lipinski definition) is 8. The molecule has 1 aromatic carbocycles. The number of anilines is 3. The van der Waals surface area contributed by atoms with Crippen LogP contribution in [0.3, 0.4) is 0 Å². The number of pyridine rings is 2. The average Bonchev–Trinajstić information content (AvgIpc) is 3.29. The van der Waals surface area contributed by atoms with Gasteiger partial charge in [-0.25, -0.2) is 19.2 Å². The van der Waals surface area contributed by atoms with Crippen LogP contribution in [-0.2, 0) is 9.47 Å². The Labute approximate surface area is 187 Å². The van der Waals surface area contributed by atoms with E-state index in [0.717, 1.165) is 0 Å². The van der Waals surface area contributed by atoms with Gasteiger partial charge in [0.25, 0.3) is 6.36 Å². The van der Waals surface area contributed by atoms with Gasteiger partial charge in [0.05, 0.1) is 25.4 Å². The second-order valence-electron chi connectivity index (χ2n) is 7.84. The zero-order chi connectivity index (χ0) is 23.1. The first-order valence-electron chi connectivity index (χ1n) is 10.4. The van der Waals surface area contributed by atoms with E-state index < -0.39 is 18.3 Å². The van der Waals surface area contributed by atoms with Crippen molar-refractivity contribution in [3.8, 4) is 17.0 Å². The smallest absolute Gasteiger partial charge is 0.413 e. The summed E-state index contributed by atoms with van der Waals surface area (Å²) in [6.07, 6.45) is 0.984. The van der Waals surface area contributed by atoms with Crippen molar-refractivity contribution < 1.29 is 27.8 Å². The summed E-state index contributed by atoms with van der Waals surface area (Å²) in [6, 6.07) is 3.18. The van der Waals surface area contributed by atoms with Crippen LogP contribution in [0.5, 0.6) is 5.88 Å². The Morgan fingerprint density at radius 3 is 2.94 bits per heavy atom. The number of nitrogen functional groups attached to an aromatic ring is 1. The van der Waals surface area contributed by atoms with E-state index in [9.17, 15) is 9.18 Å². The zero-order valence-corrected chi connectivity index (χ0v) is 17.7. The maximum absolute atomic E-state index is 15.2. The van der Waals surface area contributed by atoms with E-state index in [4.69, 9.17) is 19.9 Å². The van der Waals surface area contributed by atoms with E-state index in [1.54, 1.807) is 19.1 Å². The fourth-order valence-corrected chi connectivity index (χ4v) is 3.95. The predicted octanol–water partition coefficient (Wildman–Crippen LogP) is 3.76. The van der Waals surface area contributed by atoms with Crippen molar-refractivity contribution in [1.82, 2.24) is 9.97 Å². The van der Waals surface area contributed by atoms with Crippen LogP contribution < -0.4 is 21.1 Å². The van der Waals surface area contributed by atoms with Crippen LogP contribution >= 0.6 is 0 Å². The van der Waals surface area contributed by atoms with E-state index >= 15 is 4.39 Å². The van der Waals surface area contributed by atoms with Gasteiger partial charge < -0.3 is 25.3 Å². The number of aromatic nitrogens is 2. The average molecular weight is 457 g/mol. The molecule has 11 heteroatoms. The Kier molecular flexibility index (Phi) is 5.33. The van der Waals surface area contributed by atoms with Gasteiger partial charge in [-0.3, -0.25) is 5.32 Å². The van der Waals surface area contributed by atoms with Crippen LogP contribution in [0.4, 0.5) is 30.8 Å². The maximum atomic E-state index is 15.2. The molecule has 33 heavy (non-hydrogen) atoms. The molecule has 4 heterocycles. The highest BCUT2D eigenvalue weighted by Crippen LogP contribution is 2.40. The van der Waals surface area contributed by atoms with Crippen molar-refractivity contribution in [2.24, 2.45) is 0 Å². The fraction of sp³-hybridized carbons (Fsp3) is 0.318. The van der Waals surface area contributed by atoms with Gasteiger partial charge >= 0.3 is 6.09 Å². The van der Waals surface area contributed by atoms with Gasteiger partial charge in [-0.05, 0) is 30.0 Å². The number of fused-ring (bicyclic) bond motifs is 2. The molecule has 9 nitrogen and oxygen atoms in total. The molecule has 2 atom stereocenters. The number of carbonyl (C=O) groups excluding carboxylic acids is 1. The van der Waals surface area contributed by atoms with Gasteiger partial charge in [-0.1, -0.05) is 0 Å². The lowest BCUT2D eigenvalue weighted by molar-refractivity contribution is 0.0688. The first-order chi connectivity index (χ1) is 15.9. The third kappa shape index (κ3) is 3.95. The highest BCUT2D eigenvalue weighted by atomic mass is 19.1. The van der Waals surface area contributed by atoms with E-state index in [2.05, 4.69) is 20.6 Å². The molecule has 1 saturated heterocycles. The lowest BCUT2D eigenvalue weighted by Gasteiger charge is -2.24. The molecular weight excluding hydrogens is 436 g/mol. The Morgan fingerprint density at radius 2 is 2.15 bits per heavy atom. The van der Waals surface area contributed by atoms with Crippen molar-refractivity contribution in [3.05, 3.63) is 35.9 Å². The summed E-state index contributed by atoms with van der Waals surface area (Å²) >= 11 is 0. The molecule has 0 bridgehead atoms. The molecule has 1 amide bonds. The molecule has 172 valence electrons. The summed E-state index contributed by atoms with van der Waals surface area (Å²) in [5.74, 6) is -0.283. The molecule has 0 aliphatic carbocycles. The van der Waals surface area contributed by atoms with Crippen molar-refractivity contribution in [1.29, 1.82) is 0 Å². The number of halogens is 2. The molecule has 0 unspecified atom stereocenters. The number of nitrogens with one attached hydrogen (secondary N) is 2. The molecule has 5 rings (SSSR count). The number of benzene rings is 1. The molecular formula is C22H21F2N5O4. The normalized spacial score (nSPS) is 19.5. The lowest BCUT2D eigenvalue weighted by atomic mass is 9.97. The van der Waals surface area contributed by atoms with Crippen LogP contribution in [0.15, 0.2) is 24.5 Å². The Hall–Kier alpha value is -3.73. The first-order valence-corrected chi connectivity index (χ1v) is 10.4. The number of ether oxygens (including phenoxy) is 3. The summed E-state index contributed by atoms with van der Waals surface area (Å²) in [4.78, 5) is 20.4. The van der Waals surface area contributed by atoms with Gasteiger partial charge in [0.15, 0.2) is 5.82 Å². The minimum Gasteiger partial charge on any atom is -0.443 e. The second-order valence-corrected chi connectivity index (χ2v) is 7.84. The molecule has 2 aliphatic rings. The minimum absolute atomic E-state index is 0.0366. The summed E-state index contributed by atoms with van der Waals surface area (Å²) in [7, 11) is 0. The van der Waals surface area contributed by atoms with Crippen molar-refractivity contribution >= 4 is 34.1 Å². The fourth-order valence-electron chi connectivity index (χ4n) is 3.95. The number of carbonyl (C=O) groups is 1. The standard InChI is InChI=1S/C22H21F2N5O4/c1-10-14(6-28-21-20(10)27-8-16(23)33-21)13-4-11-5-17(26-7-15(11)19(25)18(13)24)29-22(30)32-12-2-3-31-9-12/h4-7,12,16,27H,2-3,8-9,25H2,1H3,(H,26,29,30)/t12-,16+/m0/s1. The van der Waals surface area contributed by atoms with Crippen molar-refractivity contribution in [2.45, 2.75) is 25.8 Å². The van der Waals surface area contributed by atoms with E-state index in [0.29, 0.717) is 47.2 Å². The Morgan fingerprint density at radius 1 is 1.30 bits per heavy atom. The predicted molar refractivity (Wildman–Crippen MR) is 117 cm³/mol. The van der Waals surface area contributed by atoms with Gasteiger partial charge in [-0.15, -0.1) is 0 Å². The first kappa shape index (κ1) is 21.1. The van der Waals surface area contributed by atoms with E-state index in [1.165, 1.54) is 12.4 Å². The molecule has 0 radical (unpaired) electrons. The molecule has 0 saturated carbocycles. The largest absolute Gasteiger partial charge is 0.443 e. The number of nitrogens with zero attached hydrogens (tertiary/aromatic N) is 2. The Balaban J connectivity index is 1.50. The summed E-state index contributed by atoms with van der Waals surface area (Å²) in [5.41, 5.74) is 7.80. The Bertz CT molecular complexity index is 1250. The SMILES string of the molecule is Cc1c(-c2cc3cc(NC(=O)O[C@H]4CCOC4)ncc3c(N)c2F)cnc2c1NC[C@H](F)O2. The second kappa shape index (κ2) is 8.32. The third-order valence-corrected chi connectivity index (χ3v) is 5.66. The molecule has 1 fully saturated rings. The molecule has 4 N–H and O–H groups in total. The van der Waals surface area contributed by atoms with Crippen LogP contribution in [0.1, 0.15) is 12.0 Å². The van der Waals surface area contributed by atoms with Crippen LogP contribution in [0.25, 0.3) is 21.9 Å². The van der Waals surface area contributed by atoms with Gasteiger partial charge in [0.2, 0.25) is 5.88 Å². The molecule has 0 spiro atoms. The number of alkyl halides is 1. The minimum atomic E-state index is -1.50. The third-order valence-electron chi connectivity index (χ3n) is 5.66. The van der Waals surface area contributed by atoms with Gasteiger partial charge in [0.1, 0.15) is 17.6 Å². The van der Waals surface area contributed by atoms with Gasteiger partial charge in [0, 0.05) is 35.3 Å². The van der Waals surface area contributed by atoms with E-state index in [1.807, 2.05) is 0 Å². The molecule has 3 aromatic rings. The summed E-state index contributed by atoms with van der Waals surface area (Å²) in [5, 5.41) is 6.45. The topological polar surface area (TPSA) is 121 Å². The monoisotopic (exact) mass is 457 g/mol. The quantitative estimate of drug-likeness (QED) is 0.509. The number of hydrogen-bond donors (Lipinski definition) is 3. The summed E-state index contributed by atoms with van der Waals surface area (Å²) < 4.78 is 44.3. The van der Waals surface area contributed by atoms with E-state index in [-0.39, 0.29) is 35.6 Å². The summed E-state index contributed by atoms with van der Waals surface area (Å²) in [6.45, 7) is 2.63. The maximum Gasteiger partial charge on any atom is 0.413 e. The van der Waals surface area contributed by atoms with Gasteiger partial charge in [-0.2, -0.15) is 4.39 Å². The van der Waals surface area contributed by atoms with Crippen LogP contribution in [0, 0.1) is 12.7 Å². The van der Waals surface area contributed by atoms with Crippen LogP contribution in [0.2, 0.25) is 0 Å². The van der Waals surface area contributed by atoms with Crippen molar-refractivity contribution in [2.75, 3.05) is 36.1 Å². The highest BCUT2D eigenvalue weighted by molar-refractivity contribution is 5.99. The zero-order valence-electron chi connectivity index (χ0n) is 17.7. The molecule has 2 aliphatic heterocycles. The van der Waals surface area contributed by atoms with Crippen LogP contribution in [-0.4, -0.2) is 48.3 Å².